The molecule has 1 aromatic carbocycles. The van der Waals surface area contributed by atoms with E-state index in [1.165, 1.54) is 0 Å². The molecular weight excluding hydrogens is 430 g/mol. The molecule has 1 aliphatic rings. The van der Waals surface area contributed by atoms with Crippen LogP contribution >= 0.6 is 0 Å². The zero-order valence-corrected chi connectivity index (χ0v) is 19.0. The van der Waals surface area contributed by atoms with Crippen molar-refractivity contribution in [2.24, 2.45) is 0 Å². The molecule has 0 spiro atoms. The second kappa shape index (κ2) is 9.25. The number of carbonyl (C=O) groups excluding carboxylic acids is 1. The minimum Gasteiger partial charge on any atom is -0.381 e. The van der Waals surface area contributed by atoms with Crippen molar-refractivity contribution < 1.29 is 17.9 Å². The van der Waals surface area contributed by atoms with Crippen molar-refractivity contribution in [1.82, 2.24) is 20.1 Å². The van der Waals surface area contributed by atoms with E-state index in [0.29, 0.717) is 36.6 Å². The Morgan fingerprint density at radius 1 is 1.25 bits per heavy atom. The van der Waals surface area contributed by atoms with Gasteiger partial charge in [0.25, 0.3) is 5.91 Å². The van der Waals surface area contributed by atoms with Gasteiger partial charge < -0.3 is 15.4 Å². The predicted molar refractivity (Wildman–Crippen MR) is 121 cm³/mol. The quantitative estimate of drug-likeness (QED) is 0.560. The van der Waals surface area contributed by atoms with E-state index >= 15 is 0 Å². The lowest BCUT2D eigenvalue weighted by atomic mass is 10.1. The van der Waals surface area contributed by atoms with E-state index in [4.69, 9.17) is 4.74 Å². The van der Waals surface area contributed by atoms with Crippen LogP contribution in [-0.2, 0) is 27.7 Å². The third kappa shape index (κ3) is 4.76. The molecule has 9 nitrogen and oxygen atoms in total. The smallest absolute Gasteiger partial charge is 0.255 e. The third-order valence-corrected chi connectivity index (χ3v) is 6.67. The molecular formula is C22H27N5O4S. The van der Waals surface area contributed by atoms with Gasteiger partial charge in [-0.05, 0) is 37.5 Å². The van der Waals surface area contributed by atoms with Gasteiger partial charge in [0.15, 0.2) is 15.5 Å². The molecule has 170 valence electrons. The number of fused-ring (bicyclic) bond motifs is 1. The summed E-state index contributed by atoms with van der Waals surface area (Å²) >= 11 is 0. The molecule has 0 atom stereocenters. The average Bonchev–Trinajstić information content (AvgIpc) is 3.22. The molecule has 3 aromatic rings. The number of anilines is 1. The van der Waals surface area contributed by atoms with Gasteiger partial charge in [-0.25, -0.2) is 18.1 Å². The molecule has 0 bridgehead atoms. The number of nitrogens with zero attached hydrogens (tertiary/aromatic N) is 3. The lowest BCUT2D eigenvalue weighted by molar-refractivity contribution is 0.0904. The Balaban J connectivity index is 1.61. The number of hydrogen-bond donors (Lipinski definition) is 2. The highest BCUT2D eigenvalue weighted by atomic mass is 32.2. The monoisotopic (exact) mass is 457 g/mol. The first-order valence-corrected chi connectivity index (χ1v) is 12.5. The molecule has 1 aliphatic heterocycles. The summed E-state index contributed by atoms with van der Waals surface area (Å²) in [6.07, 6.45) is 6.17. The highest BCUT2D eigenvalue weighted by Gasteiger charge is 2.22. The summed E-state index contributed by atoms with van der Waals surface area (Å²) in [4.78, 5) is 17.8. The number of benzene rings is 1. The summed E-state index contributed by atoms with van der Waals surface area (Å²) in [7, 11) is -3.32. The van der Waals surface area contributed by atoms with E-state index in [1.807, 2.05) is 6.92 Å². The van der Waals surface area contributed by atoms with Crippen molar-refractivity contribution in [3.63, 3.8) is 0 Å². The summed E-state index contributed by atoms with van der Waals surface area (Å²) < 4.78 is 30.9. The molecule has 10 heteroatoms. The summed E-state index contributed by atoms with van der Waals surface area (Å²) in [5, 5.41) is 11.6. The van der Waals surface area contributed by atoms with Crippen LogP contribution in [0.4, 0.5) is 5.69 Å². The van der Waals surface area contributed by atoms with Crippen LogP contribution in [-0.4, -0.2) is 54.6 Å². The molecule has 3 heterocycles. The Morgan fingerprint density at radius 3 is 2.75 bits per heavy atom. The lowest BCUT2D eigenvalue weighted by Gasteiger charge is -2.25. The zero-order valence-electron chi connectivity index (χ0n) is 18.2. The number of sulfone groups is 1. The minimum absolute atomic E-state index is 0.192. The Kier molecular flexibility index (Phi) is 6.43. The Hall–Kier alpha value is -2.98. The van der Waals surface area contributed by atoms with Gasteiger partial charge in [0.2, 0.25) is 0 Å². The topological polar surface area (TPSA) is 115 Å². The van der Waals surface area contributed by atoms with E-state index in [-0.39, 0.29) is 23.4 Å². The molecule has 2 aromatic heterocycles. The first kappa shape index (κ1) is 22.2. The number of hydrogen-bond acceptors (Lipinski definition) is 7. The maximum absolute atomic E-state index is 13.1. The fourth-order valence-electron chi connectivity index (χ4n) is 3.80. The van der Waals surface area contributed by atoms with Gasteiger partial charge in [0.05, 0.1) is 27.7 Å². The molecule has 1 fully saturated rings. The zero-order chi connectivity index (χ0) is 22.7. The fourth-order valence-corrected chi connectivity index (χ4v) is 4.49. The van der Waals surface area contributed by atoms with E-state index in [9.17, 15) is 13.2 Å². The van der Waals surface area contributed by atoms with E-state index in [2.05, 4.69) is 20.7 Å². The summed E-state index contributed by atoms with van der Waals surface area (Å²) in [6.45, 7) is 4.22. The molecule has 0 saturated carbocycles. The Labute approximate surface area is 187 Å². The van der Waals surface area contributed by atoms with Crippen LogP contribution in [0.2, 0.25) is 0 Å². The van der Waals surface area contributed by atoms with Crippen LogP contribution in [0.15, 0.2) is 41.6 Å². The molecule has 0 radical (unpaired) electrons. The predicted octanol–water partition coefficient (Wildman–Crippen LogP) is 2.38. The van der Waals surface area contributed by atoms with Crippen molar-refractivity contribution >= 4 is 32.5 Å². The first-order chi connectivity index (χ1) is 15.4. The molecule has 0 aliphatic carbocycles. The van der Waals surface area contributed by atoms with Gasteiger partial charge in [0.1, 0.15) is 0 Å². The number of amides is 1. The number of aromatic nitrogens is 3. The first-order valence-electron chi connectivity index (χ1n) is 10.6. The summed E-state index contributed by atoms with van der Waals surface area (Å²) in [6, 6.07) is 6.76. The van der Waals surface area contributed by atoms with Crippen LogP contribution < -0.4 is 10.6 Å². The fraction of sp³-hybridized carbons (Fsp3) is 0.409. The van der Waals surface area contributed by atoms with Gasteiger partial charge >= 0.3 is 0 Å². The molecule has 2 N–H and O–H groups in total. The number of aryl methyl sites for hydroxylation is 1. The largest absolute Gasteiger partial charge is 0.381 e. The van der Waals surface area contributed by atoms with Crippen LogP contribution in [0.25, 0.3) is 11.0 Å². The highest BCUT2D eigenvalue weighted by molar-refractivity contribution is 7.90. The van der Waals surface area contributed by atoms with Gasteiger partial charge in [-0.1, -0.05) is 12.1 Å². The van der Waals surface area contributed by atoms with Gasteiger partial charge in [-0.15, -0.1) is 0 Å². The van der Waals surface area contributed by atoms with Crippen molar-refractivity contribution in [3.05, 3.63) is 47.8 Å². The molecule has 0 unspecified atom stereocenters. The Morgan fingerprint density at radius 2 is 2.03 bits per heavy atom. The SMILES string of the molecule is CCn1ncc2c(NC3CCOCC3)c(C(=O)NCc3cccc(S(C)(=O)=O)c3)cnc21. The molecule has 1 amide bonds. The van der Waals surface area contributed by atoms with E-state index in [1.54, 1.807) is 41.3 Å². The van der Waals surface area contributed by atoms with Gasteiger partial charge in [-0.3, -0.25) is 4.79 Å². The minimum atomic E-state index is -3.32. The van der Waals surface area contributed by atoms with Crippen molar-refractivity contribution in [2.75, 3.05) is 24.8 Å². The van der Waals surface area contributed by atoms with Crippen molar-refractivity contribution in [3.8, 4) is 0 Å². The second-order valence-electron chi connectivity index (χ2n) is 7.88. The summed E-state index contributed by atoms with van der Waals surface area (Å²) in [5.74, 6) is -0.289. The number of pyridine rings is 1. The van der Waals surface area contributed by atoms with Crippen LogP contribution in [0, 0.1) is 0 Å². The molecule has 4 rings (SSSR count). The number of ether oxygens (including phenoxy) is 1. The average molecular weight is 458 g/mol. The van der Waals surface area contributed by atoms with Crippen LogP contribution in [0.3, 0.4) is 0 Å². The Bertz CT molecular complexity index is 1230. The van der Waals surface area contributed by atoms with Crippen LogP contribution in [0.1, 0.15) is 35.7 Å². The normalized spacial score (nSPS) is 15.1. The van der Waals surface area contributed by atoms with E-state index < -0.39 is 9.84 Å². The maximum atomic E-state index is 13.1. The molecule has 1 saturated heterocycles. The number of rotatable bonds is 7. The van der Waals surface area contributed by atoms with E-state index in [0.717, 1.165) is 30.1 Å². The number of nitrogens with one attached hydrogen (secondary N) is 2. The lowest BCUT2D eigenvalue weighted by Crippen LogP contribution is -2.30. The summed E-state index contributed by atoms with van der Waals surface area (Å²) in [5.41, 5.74) is 2.57. The van der Waals surface area contributed by atoms with Gasteiger partial charge in [-0.2, -0.15) is 5.10 Å². The van der Waals surface area contributed by atoms with Crippen molar-refractivity contribution in [1.29, 1.82) is 0 Å². The van der Waals surface area contributed by atoms with Crippen molar-refractivity contribution in [2.45, 2.75) is 43.8 Å². The highest BCUT2D eigenvalue weighted by Crippen LogP contribution is 2.28. The maximum Gasteiger partial charge on any atom is 0.255 e. The molecule has 32 heavy (non-hydrogen) atoms. The standard InChI is InChI=1S/C22H27N5O4S/c1-3-27-21-18(14-25-27)20(26-16-7-9-31-10-8-16)19(13-23-21)22(28)24-12-15-5-4-6-17(11-15)32(2,29)30/h4-6,11,13-14,16H,3,7-10,12H2,1-2H3,(H,23,26)(H,24,28). The number of carbonyl (C=O) groups is 1. The second-order valence-corrected chi connectivity index (χ2v) is 9.89. The van der Waals surface area contributed by atoms with Crippen LogP contribution in [0.5, 0.6) is 0 Å². The van der Waals surface area contributed by atoms with Gasteiger partial charge in [0, 0.05) is 44.8 Å². The third-order valence-electron chi connectivity index (χ3n) is 5.56.